The Morgan fingerprint density at radius 2 is 1.53 bits per heavy atom. The molecule has 1 heterocycles. The molecule has 9 heteroatoms. The van der Waals surface area contributed by atoms with Crippen LogP contribution in [0, 0.1) is 17.5 Å². The van der Waals surface area contributed by atoms with Crippen LogP contribution in [-0.4, -0.2) is 22.0 Å². The van der Waals surface area contributed by atoms with Gasteiger partial charge in [-0.2, -0.15) is 0 Å². The molecule has 0 spiro atoms. The number of halogens is 3. The van der Waals surface area contributed by atoms with Crippen LogP contribution in [0.2, 0.25) is 0 Å². The molecule has 0 bridgehead atoms. The van der Waals surface area contributed by atoms with Crippen LogP contribution in [0.3, 0.4) is 0 Å². The van der Waals surface area contributed by atoms with Crippen LogP contribution < -0.4 is 10.8 Å². The Hall–Kier alpha value is -4.11. The molecule has 0 fully saturated rings. The number of aromatic nitrogens is 1. The highest BCUT2D eigenvalue weighted by atomic mass is 19.2. The van der Waals surface area contributed by atoms with Gasteiger partial charge in [-0.25, -0.2) is 18.7 Å². The van der Waals surface area contributed by atoms with Gasteiger partial charge in [-0.3, -0.25) is 14.8 Å². The molecule has 4 rings (SSSR count). The van der Waals surface area contributed by atoms with E-state index >= 15 is 0 Å². The Labute approximate surface area is 179 Å². The zero-order valence-electron chi connectivity index (χ0n) is 16.3. The lowest BCUT2D eigenvalue weighted by molar-refractivity contribution is -0.131. The van der Waals surface area contributed by atoms with Crippen molar-refractivity contribution in [2.75, 3.05) is 0 Å². The summed E-state index contributed by atoms with van der Waals surface area (Å²) in [5.41, 5.74) is 3.22. The third-order valence-electron chi connectivity index (χ3n) is 4.98. The lowest BCUT2D eigenvalue weighted by Gasteiger charge is -2.17. The second kappa shape index (κ2) is 8.56. The van der Waals surface area contributed by atoms with Gasteiger partial charge in [0.15, 0.2) is 17.5 Å². The first-order valence-corrected chi connectivity index (χ1v) is 9.45. The number of nitrogens with one attached hydrogen (secondary N) is 3. The number of amides is 2. The fourth-order valence-electron chi connectivity index (χ4n) is 3.36. The van der Waals surface area contributed by atoms with Crippen LogP contribution in [-0.2, 0) is 4.79 Å². The predicted octanol–water partition coefficient (Wildman–Crippen LogP) is 4.23. The maximum atomic E-state index is 13.5. The summed E-state index contributed by atoms with van der Waals surface area (Å²) in [6.07, 6.45) is 0. The summed E-state index contributed by atoms with van der Waals surface area (Å²) in [6, 6.07) is 15.1. The molecule has 1 atom stereocenters. The standard InChI is InChI=1S/C23H16F3N3O3/c24-16-9-15(10-17(25)20(16)26)12-5-7-13(8-6-12)21(23(31)29-32)28-22(30)19-11-14-3-1-2-4-18(14)27-19/h1-11,21,27,32H,(H,28,30)(H,29,31). The Morgan fingerprint density at radius 3 is 2.16 bits per heavy atom. The van der Waals surface area contributed by atoms with Gasteiger partial charge in [0, 0.05) is 10.9 Å². The van der Waals surface area contributed by atoms with Crippen LogP contribution in [0.1, 0.15) is 22.1 Å². The Morgan fingerprint density at radius 1 is 0.875 bits per heavy atom. The highest BCUT2D eigenvalue weighted by Gasteiger charge is 2.24. The van der Waals surface area contributed by atoms with Crippen molar-refractivity contribution in [2.45, 2.75) is 6.04 Å². The van der Waals surface area contributed by atoms with Gasteiger partial charge in [0.25, 0.3) is 11.8 Å². The summed E-state index contributed by atoms with van der Waals surface area (Å²) in [4.78, 5) is 27.8. The third kappa shape index (κ3) is 4.06. The van der Waals surface area contributed by atoms with E-state index in [1.807, 2.05) is 18.2 Å². The van der Waals surface area contributed by atoms with E-state index in [0.29, 0.717) is 11.1 Å². The van der Waals surface area contributed by atoms with E-state index in [1.54, 1.807) is 12.1 Å². The molecule has 4 aromatic rings. The second-order valence-electron chi connectivity index (χ2n) is 7.03. The maximum absolute atomic E-state index is 13.5. The average molecular weight is 439 g/mol. The number of hydroxylamine groups is 1. The van der Waals surface area contributed by atoms with E-state index in [0.717, 1.165) is 23.0 Å². The first-order chi connectivity index (χ1) is 15.4. The van der Waals surface area contributed by atoms with Crippen LogP contribution in [0.4, 0.5) is 13.2 Å². The van der Waals surface area contributed by atoms with Gasteiger partial charge in [-0.15, -0.1) is 0 Å². The van der Waals surface area contributed by atoms with Crippen molar-refractivity contribution in [3.8, 4) is 11.1 Å². The molecule has 162 valence electrons. The number of carbonyl (C=O) groups excluding carboxylic acids is 2. The van der Waals surface area contributed by atoms with E-state index in [-0.39, 0.29) is 11.3 Å². The zero-order chi connectivity index (χ0) is 22.8. The molecule has 1 aromatic heterocycles. The van der Waals surface area contributed by atoms with Crippen molar-refractivity contribution in [3.05, 3.63) is 95.4 Å². The Balaban J connectivity index is 1.60. The molecule has 6 nitrogen and oxygen atoms in total. The third-order valence-corrected chi connectivity index (χ3v) is 4.98. The van der Waals surface area contributed by atoms with E-state index < -0.39 is 35.3 Å². The lowest BCUT2D eigenvalue weighted by atomic mass is 10.00. The summed E-state index contributed by atoms with van der Waals surface area (Å²) < 4.78 is 40.2. The Kier molecular flexibility index (Phi) is 5.65. The molecule has 0 aliphatic rings. The number of hydrogen-bond acceptors (Lipinski definition) is 3. The van der Waals surface area contributed by atoms with Gasteiger partial charge >= 0.3 is 0 Å². The minimum Gasteiger partial charge on any atom is -0.351 e. The average Bonchev–Trinajstić information content (AvgIpc) is 3.25. The largest absolute Gasteiger partial charge is 0.351 e. The molecule has 0 saturated heterocycles. The van der Waals surface area contributed by atoms with Gasteiger partial charge in [0.1, 0.15) is 11.7 Å². The van der Waals surface area contributed by atoms with Crippen molar-refractivity contribution in [1.82, 2.24) is 15.8 Å². The first kappa shape index (κ1) is 21.1. The normalized spacial score (nSPS) is 11.9. The molecule has 3 aromatic carbocycles. The van der Waals surface area contributed by atoms with Gasteiger partial charge in [-0.05, 0) is 41.0 Å². The SMILES string of the molecule is O=C(NC(C(=O)NO)c1ccc(-c2cc(F)c(F)c(F)c2)cc1)c1cc2ccccc2[nH]1. The molecular weight excluding hydrogens is 423 g/mol. The number of H-pyrrole nitrogens is 1. The molecule has 0 radical (unpaired) electrons. The first-order valence-electron chi connectivity index (χ1n) is 9.45. The molecule has 32 heavy (non-hydrogen) atoms. The molecule has 0 aliphatic heterocycles. The number of aromatic amines is 1. The topological polar surface area (TPSA) is 94.2 Å². The lowest BCUT2D eigenvalue weighted by Crippen LogP contribution is -2.39. The van der Waals surface area contributed by atoms with E-state index in [1.165, 1.54) is 29.7 Å². The van der Waals surface area contributed by atoms with Crippen molar-refractivity contribution < 1.29 is 28.0 Å². The van der Waals surface area contributed by atoms with Gasteiger partial charge in [0.05, 0.1) is 0 Å². The summed E-state index contributed by atoms with van der Waals surface area (Å²) in [6.45, 7) is 0. The molecule has 2 amide bonds. The van der Waals surface area contributed by atoms with Crippen LogP contribution in [0.5, 0.6) is 0 Å². The molecule has 1 unspecified atom stereocenters. The number of benzene rings is 3. The Bertz CT molecular complexity index is 1260. The van der Waals surface area contributed by atoms with Crippen molar-refractivity contribution >= 4 is 22.7 Å². The summed E-state index contributed by atoms with van der Waals surface area (Å²) in [5, 5.41) is 12.5. The highest BCUT2D eigenvalue weighted by molar-refractivity contribution is 6.00. The quantitative estimate of drug-likeness (QED) is 0.213. The predicted molar refractivity (Wildman–Crippen MR) is 110 cm³/mol. The number of fused-ring (bicyclic) bond motifs is 1. The van der Waals surface area contributed by atoms with Crippen LogP contribution in [0.25, 0.3) is 22.0 Å². The van der Waals surface area contributed by atoms with Gasteiger partial charge in [0.2, 0.25) is 0 Å². The van der Waals surface area contributed by atoms with E-state index in [2.05, 4.69) is 10.3 Å². The number of carbonyl (C=O) groups is 2. The molecule has 0 aliphatic carbocycles. The minimum atomic E-state index is -1.57. The zero-order valence-corrected chi connectivity index (χ0v) is 16.3. The van der Waals surface area contributed by atoms with Gasteiger partial charge < -0.3 is 10.3 Å². The van der Waals surface area contributed by atoms with E-state index in [4.69, 9.17) is 5.21 Å². The smallest absolute Gasteiger partial charge is 0.270 e. The highest BCUT2D eigenvalue weighted by Crippen LogP contribution is 2.26. The summed E-state index contributed by atoms with van der Waals surface area (Å²) in [5.74, 6) is -5.69. The number of rotatable bonds is 5. The second-order valence-corrected chi connectivity index (χ2v) is 7.03. The van der Waals surface area contributed by atoms with Crippen molar-refractivity contribution in [3.63, 3.8) is 0 Å². The fraction of sp³-hybridized carbons (Fsp3) is 0.0435. The molecule has 4 N–H and O–H groups in total. The number of para-hydroxylation sites is 1. The van der Waals surface area contributed by atoms with Gasteiger partial charge in [-0.1, -0.05) is 42.5 Å². The molecule has 0 saturated carbocycles. The van der Waals surface area contributed by atoms with Crippen molar-refractivity contribution in [2.24, 2.45) is 0 Å². The summed E-state index contributed by atoms with van der Waals surface area (Å²) >= 11 is 0. The molecular formula is C23H16F3N3O3. The summed E-state index contributed by atoms with van der Waals surface area (Å²) in [7, 11) is 0. The van der Waals surface area contributed by atoms with E-state index in [9.17, 15) is 22.8 Å². The maximum Gasteiger partial charge on any atom is 0.270 e. The number of hydrogen-bond donors (Lipinski definition) is 4. The monoisotopic (exact) mass is 439 g/mol. The van der Waals surface area contributed by atoms with Crippen LogP contribution in [0.15, 0.2) is 66.7 Å². The van der Waals surface area contributed by atoms with Crippen molar-refractivity contribution in [1.29, 1.82) is 0 Å². The van der Waals surface area contributed by atoms with Crippen LogP contribution >= 0.6 is 0 Å². The fourth-order valence-corrected chi connectivity index (χ4v) is 3.36. The minimum absolute atomic E-state index is 0.0956.